The van der Waals surface area contributed by atoms with Gasteiger partial charge in [-0.15, -0.1) is 11.3 Å². The normalized spacial score (nSPS) is 28.1. The van der Waals surface area contributed by atoms with Crippen LogP contribution in [0, 0.1) is 23.7 Å². The number of imide groups is 1. The quantitative estimate of drug-likeness (QED) is 0.628. The fourth-order valence-electron chi connectivity index (χ4n) is 4.50. The van der Waals surface area contributed by atoms with E-state index in [1.165, 1.54) is 16.2 Å². The molecule has 1 N–H and O–H groups in total. The molecule has 0 unspecified atom stereocenters. The zero-order valence-electron chi connectivity index (χ0n) is 14.1. The number of amides is 3. The van der Waals surface area contributed by atoms with Crippen LogP contribution in [0.2, 0.25) is 5.02 Å². The minimum absolute atomic E-state index is 0.153. The molecule has 3 amide bonds. The topological polar surface area (TPSA) is 66.5 Å². The highest BCUT2D eigenvalue weighted by Crippen LogP contribution is 2.53. The van der Waals surface area contributed by atoms with E-state index in [0.29, 0.717) is 21.3 Å². The molecule has 4 atom stereocenters. The van der Waals surface area contributed by atoms with Crippen molar-refractivity contribution < 1.29 is 14.4 Å². The summed E-state index contributed by atoms with van der Waals surface area (Å²) in [5, 5.41) is 4.93. The van der Waals surface area contributed by atoms with Gasteiger partial charge in [-0.3, -0.25) is 14.4 Å². The van der Waals surface area contributed by atoms with E-state index in [1.54, 1.807) is 30.3 Å². The zero-order valence-corrected chi connectivity index (χ0v) is 15.7. The van der Waals surface area contributed by atoms with Gasteiger partial charge in [0.25, 0.3) is 5.91 Å². The van der Waals surface area contributed by atoms with Gasteiger partial charge in [-0.2, -0.15) is 0 Å². The molecule has 1 saturated heterocycles. The van der Waals surface area contributed by atoms with E-state index < -0.39 is 0 Å². The monoisotopic (exact) mass is 398 g/mol. The SMILES string of the molecule is O=C(Nc1cc(N2C(=O)[C@H]3[C@H](C2=O)[C@H]2C=C[C@H]3C2)ccc1Cl)c1cccs1. The predicted molar refractivity (Wildman–Crippen MR) is 104 cm³/mol. The molecule has 1 saturated carbocycles. The number of allylic oxidation sites excluding steroid dienone is 2. The van der Waals surface area contributed by atoms with Crippen molar-refractivity contribution in [2.45, 2.75) is 6.42 Å². The molecule has 1 aromatic heterocycles. The molecule has 1 aromatic carbocycles. The largest absolute Gasteiger partial charge is 0.320 e. The molecular weight excluding hydrogens is 384 g/mol. The maximum absolute atomic E-state index is 12.9. The number of benzene rings is 1. The minimum atomic E-state index is -0.276. The van der Waals surface area contributed by atoms with Crippen LogP contribution in [0.4, 0.5) is 11.4 Å². The molecule has 5 rings (SSSR count). The van der Waals surface area contributed by atoms with Crippen molar-refractivity contribution in [3.63, 3.8) is 0 Å². The summed E-state index contributed by atoms with van der Waals surface area (Å²) in [6.45, 7) is 0. The average molecular weight is 399 g/mol. The fraction of sp³-hybridized carbons (Fsp3) is 0.250. The van der Waals surface area contributed by atoms with Gasteiger partial charge >= 0.3 is 0 Å². The summed E-state index contributed by atoms with van der Waals surface area (Å²) in [6.07, 6.45) is 5.02. The molecule has 0 radical (unpaired) electrons. The molecule has 2 heterocycles. The molecule has 0 spiro atoms. The Morgan fingerprint density at radius 2 is 1.81 bits per heavy atom. The number of thiophene rings is 1. The molecule has 5 nitrogen and oxygen atoms in total. The minimum Gasteiger partial charge on any atom is -0.320 e. The molecule has 136 valence electrons. The molecule has 2 fully saturated rings. The average Bonchev–Trinajstić information content (AvgIpc) is 3.42. The van der Waals surface area contributed by atoms with Crippen LogP contribution >= 0.6 is 22.9 Å². The van der Waals surface area contributed by atoms with Crippen molar-refractivity contribution in [2.75, 3.05) is 10.2 Å². The Bertz CT molecular complexity index is 971. The number of nitrogens with zero attached hydrogens (tertiary/aromatic N) is 1. The molecule has 27 heavy (non-hydrogen) atoms. The maximum Gasteiger partial charge on any atom is 0.265 e. The smallest absolute Gasteiger partial charge is 0.265 e. The van der Waals surface area contributed by atoms with E-state index in [4.69, 9.17) is 11.6 Å². The summed E-state index contributed by atoms with van der Waals surface area (Å²) in [4.78, 5) is 40.0. The second-order valence-electron chi connectivity index (χ2n) is 7.11. The van der Waals surface area contributed by atoms with Gasteiger partial charge in [0.1, 0.15) is 0 Å². The highest BCUT2D eigenvalue weighted by atomic mass is 35.5. The van der Waals surface area contributed by atoms with Gasteiger partial charge in [0, 0.05) is 0 Å². The molecule has 7 heteroatoms. The lowest BCUT2D eigenvalue weighted by atomic mass is 9.85. The van der Waals surface area contributed by atoms with E-state index in [0.717, 1.165) is 6.42 Å². The van der Waals surface area contributed by atoms with Gasteiger partial charge in [0.2, 0.25) is 11.8 Å². The molecule has 3 aliphatic rings. The number of carbonyl (C=O) groups excluding carboxylic acids is 3. The van der Waals surface area contributed by atoms with Crippen LogP contribution in [0.5, 0.6) is 0 Å². The zero-order chi connectivity index (χ0) is 18.7. The van der Waals surface area contributed by atoms with E-state index in [1.807, 2.05) is 5.38 Å². The van der Waals surface area contributed by atoms with Gasteiger partial charge < -0.3 is 5.32 Å². The third-order valence-electron chi connectivity index (χ3n) is 5.67. The van der Waals surface area contributed by atoms with E-state index in [9.17, 15) is 14.4 Å². The van der Waals surface area contributed by atoms with Crippen LogP contribution in [0.25, 0.3) is 0 Å². The number of rotatable bonds is 3. The number of nitrogens with one attached hydrogen (secondary N) is 1. The summed E-state index contributed by atoms with van der Waals surface area (Å²) in [5.41, 5.74) is 0.830. The molecule has 1 aliphatic heterocycles. The van der Waals surface area contributed by atoms with Gasteiger partial charge in [-0.05, 0) is 47.9 Å². The van der Waals surface area contributed by atoms with Crippen molar-refractivity contribution in [2.24, 2.45) is 23.7 Å². The van der Waals surface area contributed by atoms with Crippen LogP contribution in [-0.2, 0) is 9.59 Å². The first kappa shape index (κ1) is 16.7. The Labute approximate surface area is 164 Å². The molecule has 2 bridgehead atoms. The Balaban J connectivity index is 1.45. The van der Waals surface area contributed by atoms with Crippen molar-refractivity contribution in [3.05, 3.63) is 57.8 Å². The predicted octanol–water partition coefficient (Wildman–Crippen LogP) is 3.97. The van der Waals surface area contributed by atoms with Crippen LogP contribution in [0.15, 0.2) is 47.9 Å². The lowest BCUT2D eigenvalue weighted by Crippen LogP contribution is -2.32. The first-order chi connectivity index (χ1) is 13.0. The molecule has 2 aliphatic carbocycles. The Kier molecular flexibility index (Phi) is 3.74. The van der Waals surface area contributed by atoms with Crippen molar-refractivity contribution in [1.29, 1.82) is 0 Å². The summed E-state index contributed by atoms with van der Waals surface area (Å²) < 4.78 is 0. The Morgan fingerprint density at radius 3 is 2.44 bits per heavy atom. The number of hydrogen-bond donors (Lipinski definition) is 1. The van der Waals surface area contributed by atoms with Gasteiger partial charge in [-0.25, -0.2) is 4.90 Å². The maximum atomic E-state index is 12.9. The first-order valence-corrected chi connectivity index (χ1v) is 10.0. The summed E-state index contributed by atoms with van der Waals surface area (Å²) in [6, 6.07) is 8.35. The third kappa shape index (κ3) is 2.47. The summed E-state index contributed by atoms with van der Waals surface area (Å²) in [5.74, 6) is -0.778. The Hall–Kier alpha value is -2.44. The second kappa shape index (κ2) is 6.04. The first-order valence-electron chi connectivity index (χ1n) is 8.75. The van der Waals surface area contributed by atoms with Crippen molar-refractivity contribution in [3.8, 4) is 0 Å². The number of carbonyl (C=O) groups is 3. The van der Waals surface area contributed by atoms with E-state index >= 15 is 0 Å². The highest BCUT2D eigenvalue weighted by molar-refractivity contribution is 7.12. The third-order valence-corrected chi connectivity index (χ3v) is 6.87. The van der Waals surface area contributed by atoms with Gasteiger partial charge in [0.15, 0.2) is 0 Å². The number of hydrogen-bond acceptors (Lipinski definition) is 4. The van der Waals surface area contributed by atoms with Crippen LogP contribution in [0.3, 0.4) is 0 Å². The standard InChI is InChI=1S/C20H15ClN2O3S/c21-13-6-5-12(9-14(13)22-18(24)15-2-1-7-27-15)23-19(25)16-10-3-4-11(8-10)17(16)20(23)26/h1-7,9-11,16-17H,8H2,(H,22,24)/t10-,11-,16+,17+/m0/s1. The Morgan fingerprint density at radius 1 is 1.11 bits per heavy atom. The van der Waals surface area contributed by atoms with E-state index in [2.05, 4.69) is 17.5 Å². The van der Waals surface area contributed by atoms with Crippen molar-refractivity contribution >= 4 is 52.0 Å². The summed E-state index contributed by atoms with van der Waals surface area (Å²) in [7, 11) is 0. The van der Waals surface area contributed by atoms with Crippen LogP contribution in [0.1, 0.15) is 16.1 Å². The highest BCUT2D eigenvalue weighted by Gasteiger charge is 2.59. The lowest BCUT2D eigenvalue weighted by Gasteiger charge is -2.18. The van der Waals surface area contributed by atoms with E-state index in [-0.39, 0.29) is 41.4 Å². The van der Waals surface area contributed by atoms with Crippen molar-refractivity contribution in [1.82, 2.24) is 0 Å². The number of fused-ring (bicyclic) bond motifs is 5. The number of halogens is 1. The molecule has 2 aromatic rings. The summed E-state index contributed by atoms with van der Waals surface area (Å²) >= 11 is 7.55. The second-order valence-corrected chi connectivity index (χ2v) is 8.46. The van der Waals surface area contributed by atoms with Gasteiger partial charge in [-0.1, -0.05) is 29.8 Å². The lowest BCUT2D eigenvalue weighted by molar-refractivity contribution is -0.123. The number of anilines is 2. The van der Waals surface area contributed by atoms with Gasteiger partial charge in [0.05, 0.1) is 33.1 Å². The van der Waals surface area contributed by atoms with Crippen LogP contribution in [-0.4, -0.2) is 17.7 Å². The fourth-order valence-corrected chi connectivity index (χ4v) is 5.28. The van der Waals surface area contributed by atoms with Crippen LogP contribution < -0.4 is 10.2 Å². The molecular formula is C20H15ClN2O3S.